The van der Waals surface area contributed by atoms with E-state index >= 15 is 0 Å². The maximum Gasteiger partial charge on any atom is 0.169 e. The fraction of sp³-hybridized carbons (Fsp3) is 0.545. The van der Waals surface area contributed by atoms with E-state index in [1.807, 2.05) is 11.8 Å². The highest BCUT2D eigenvalue weighted by atomic mass is 32.2. The van der Waals surface area contributed by atoms with Crippen molar-refractivity contribution in [1.82, 2.24) is 10.2 Å². The molecular formula is C11H14N4S. The second-order valence-corrected chi connectivity index (χ2v) is 5.38. The van der Waals surface area contributed by atoms with Crippen molar-refractivity contribution in [2.24, 2.45) is 0 Å². The molecule has 2 heterocycles. The molecule has 0 saturated carbocycles. The van der Waals surface area contributed by atoms with Crippen molar-refractivity contribution < 1.29 is 0 Å². The molecule has 4 nitrogen and oxygen atoms in total. The van der Waals surface area contributed by atoms with Gasteiger partial charge in [-0.1, -0.05) is 6.92 Å². The van der Waals surface area contributed by atoms with Gasteiger partial charge in [-0.2, -0.15) is 22.1 Å². The molecule has 0 aromatic carbocycles. The SMILES string of the molecule is CC1SCCN(c2nnccc2C#N)C1C. The highest BCUT2D eigenvalue weighted by Crippen LogP contribution is 2.28. The van der Waals surface area contributed by atoms with E-state index in [2.05, 4.69) is 35.0 Å². The van der Waals surface area contributed by atoms with E-state index in [1.54, 1.807) is 12.3 Å². The monoisotopic (exact) mass is 234 g/mol. The molecule has 2 unspecified atom stereocenters. The van der Waals surface area contributed by atoms with Crippen LogP contribution < -0.4 is 4.90 Å². The van der Waals surface area contributed by atoms with Gasteiger partial charge in [-0.15, -0.1) is 5.10 Å². The van der Waals surface area contributed by atoms with E-state index in [-0.39, 0.29) is 0 Å². The van der Waals surface area contributed by atoms with Crippen molar-refractivity contribution >= 4 is 17.6 Å². The second-order valence-electron chi connectivity index (χ2n) is 3.89. The Hall–Kier alpha value is -1.28. The van der Waals surface area contributed by atoms with Crippen molar-refractivity contribution in [3.63, 3.8) is 0 Å². The summed E-state index contributed by atoms with van der Waals surface area (Å²) in [6.45, 7) is 5.32. The Morgan fingerprint density at radius 2 is 2.38 bits per heavy atom. The summed E-state index contributed by atoms with van der Waals surface area (Å²) in [7, 11) is 0. The van der Waals surface area contributed by atoms with Gasteiger partial charge in [0.1, 0.15) is 6.07 Å². The van der Waals surface area contributed by atoms with Crippen LogP contribution in [0.5, 0.6) is 0 Å². The lowest BCUT2D eigenvalue weighted by Gasteiger charge is -2.38. The zero-order valence-corrected chi connectivity index (χ0v) is 10.2. The van der Waals surface area contributed by atoms with E-state index in [0.717, 1.165) is 18.1 Å². The first-order valence-corrected chi connectivity index (χ1v) is 6.39. The Kier molecular flexibility index (Phi) is 3.30. The molecule has 1 fully saturated rings. The summed E-state index contributed by atoms with van der Waals surface area (Å²) in [5.41, 5.74) is 0.612. The molecule has 0 spiro atoms. The Labute approximate surface area is 99.7 Å². The number of anilines is 1. The standard InChI is InChI=1S/C11H14N4S/c1-8-9(2)16-6-5-15(8)11-10(7-12)3-4-13-14-11/h3-4,8-9H,5-6H2,1-2H3. The Bertz CT molecular complexity index is 415. The van der Waals surface area contributed by atoms with Gasteiger partial charge >= 0.3 is 0 Å². The van der Waals surface area contributed by atoms with Gasteiger partial charge in [0.15, 0.2) is 5.82 Å². The van der Waals surface area contributed by atoms with Gasteiger partial charge in [0, 0.05) is 23.6 Å². The first-order chi connectivity index (χ1) is 7.74. The van der Waals surface area contributed by atoms with Crippen LogP contribution in [-0.2, 0) is 0 Å². The number of hydrogen-bond acceptors (Lipinski definition) is 5. The van der Waals surface area contributed by atoms with Gasteiger partial charge in [0.05, 0.1) is 11.8 Å². The lowest BCUT2D eigenvalue weighted by molar-refractivity contribution is 0.615. The van der Waals surface area contributed by atoms with Crippen LogP contribution in [0.2, 0.25) is 0 Å². The van der Waals surface area contributed by atoms with Crippen molar-refractivity contribution in [3.05, 3.63) is 17.8 Å². The molecule has 0 N–H and O–H groups in total. The molecule has 84 valence electrons. The minimum absolute atomic E-state index is 0.391. The molecule has 2 rings (SSSR count). The Balaban J connectivity index is 2.33. The minimum Gasteiger partial charge on any atom is -0.349 e. The van der Waals surface area contributed by atoms with Gasteiger partial charge in [-0.25, -0.2) is 0 Å². The molecule has 0 radical (unpaired) electrons. The third-order valence-corrected chi connectivity index (χ3v) is 4.32. The molecule has 1 aliphatic heterocycles. The molecule has 0 amide bonds. The second kappa shape index (κ2) is 4.71. The van der Waals surface area contributed by atoms with Crippen LogP contribution in [-0.4, -0.2) is 33.8 Å². The summed E-state index contributed by atoms with van der Waals surface area (Å²) in [6.07, 6.45) is 1.56. The average molecular weight is 234 g/mol. The summed E-state index contributed by atoms with van der Waals surface area (Å²) in [4.78, 5) is 2.19. The number of hydrogen-bond donors (Lipinski definition) is 0. The van der Waals surface area contributed by atoms with Crippen LogP contribution in [0.25, 0.3) is 0 Å². The maximum atomic E-state index is 9.05. The van der Waals surface area contributed by atoms with Gasteiger partial charge in [-0.05, 0) is 13.0 Å². The summed E-state index contributed by atoms with van der Waals surface area (Å²) >= 11 is 1.97. The molecular weight excluding hydrogens is 220 g/mol. The molecule has 1 aliphatic rings. The highest BCUT2D eigenvalue weighted by molar-refractivity contribution is 8.00. The van der Waals surface area contributed by atoms with Crippen molar-refractivity contribution in [2.45, 2.75) is 25.1 Å². The minimum atomic E-state index is 0.391. The van der Waals surface area contributed by atoms with Crippen molar-refractivity contribution in [3.8, 4) is 6.07 Å². The molecule has 2 atom stereocenters. The van der Waals surface area contributed by atoms with Gasteiger partial charge in [-0.3, -0.25) is 0 Å². The van der Waals surface area contributed by atoms with Gasteiger partial charge in [0.25, 0.3) is 0 Å². The summed E-state index contributed by atoms with van der Waals surface area (Å²) < 4.78 is 0. The largest absolute Gasteiger partial charge is 0.349 e. The zero-order chi connectivity index (χ0) is 11.5. The van der Waals surface area contributed by atoms with E-state index < -0.39 is 0 Å². The molecule has 16 heavy (non-hydrogen) atoms. The first-order valence-electron chi connectivity index (χ1n) is 5.34. The van der Waals surface area contributed by atoms with E-state index in [4.69, 9.17) is 5.26 Å². The summed E-state index contributed by atoms with van der Waals surface area (Å²) in [6, 6.07) is 4.29. The predicted octanol–water partition coefficient (Wildman–Crippen LogP) is 1.68. The van der Waals surface area contributed by atoms with Crippen LogP contribution in [0.1, 0.15) is 19.4 Å². The van der Waals surface area contributed by atoms with E-state index in [9.17, 15) is 0 Å². The van der Waals surface area contributed by atoms with Crippen molar-refractivity contribution in [2.75, 3.05) is 17.2 Å². The van der Waals surface area contributed by atoms with Crippen LogP contribution >= 0.6 is 11.8 Å². The van der Waals surface area contributed by atoms with Crippen LogP contribution in [0.3, 0.4) is 0 Å². The molecule has 1 aromatic heterocycles. The molecule has 0 aliphatic carbocycles. The molecule has 0 bridgehead atoms. The van der Waals surface area contributed by atoms with Gasteiger partial charge in [0.2, 0.25) is 0 Å². The fourth-order valence-electron chi connectivity index (χ4n) is 1.86. The number of aromatic nitrogens is 2. The zero-order valence-electron chi connectivity index (χ0n) is 9.42. The van der Waals surface area contributed by atoms with Crippen LogP contribution in [0.4, 0.5) is 5.82 Å². The number of nitrogens with zero attached hydrogens (tertiary/aromatic N) is 4. The smallest absolute Gasteiger partial charge is 0.169 e. The van der Waals surface area contributed by atoms with Crippen LogP contribution in [0, 0.1) is 11.3 Å². The third-order valence-electron chi connectivity index (χ3n) is 2.98. The maximum absolute atomic E-state index is 9.05. The van der Waals surface area contributed by atoms with Crippen LogP contribution in [0.15, 0.2) is 12.3 Å². The van der Waals surface area contributed by atoms with E-state index in [1.165, 1.54) is 0 Å². The molecule has 5 heteroatoms. The Morgan fingerprint density at radius 3 is 3.12 bits per heavy atom. The highest BCUT2D eigenvalue weighted by Gasteiger charge is 2.27. The number of thioether (sulfide) groups is 1. The van der Waals surface area contributed by atoms with E-state index in [0.29, 0.717) is 16.9 Å². The summed E-state index contributed by atoms with van der Waals surface area (Å²) in [5, 5.41) is 17.6. The van der Waals surface area contributed by atoms with Gasteiger partial charge < -0.3 is 4.90 Å². The number of nitriles is 1. The fourth-order valence-corrected chi connectivity index (χ4v) is 2.96. The average Bonchev–Trinajstić information content (AvgIpc) is 2.33. The Morgan fingerprint density at radius 1 is 1.56 bits per heavy atom. The lowest BCUT2D eigenvalue weighted by Crippen LogP contribution is -2.45. The third kappa shape index (κ3) is 1.98. The summed E-state index contributed by atoms with van der Waals surface area (Å²) in [5.74, 6) is 1.80. The normalized spacial score (nSPS) is 25.2. The molecule has 1 aromatic rings. The topological polar surface area (TPSA) is 52.8 Å². The van der Waals surface area contributed by atoms with Crippen molar-refractivity contribution in [1.29, 1.82) is 5.26 Å². The first kappa shape index (κ1) is 11.2. The quantitative estimate of drug-likeness (QED) is 0.740. The lowest BCUT2D eigenvalue weighted by atomic mass is 10.2. The molecule has 1 saturated heterocycles. The predicted molar refractivity (Wildman–Crippen MR) is 65.5 cm³/mol. The number of rotatable bonds is 1.